The quantitative estimate of drug-likeness (QED) is 0.503. The zero-order valence-electron chi connectivity index (χ0n) is 10.2. The van der Waals surface area contributed by atoms with Gasteiger partial charge in [0.2, 0.25) is 5.12 Å². The third-order valence-electron chi connectivity index (χ3n) is 2.03. The van der Waals surface area contributed by atoms with Crippen LogP contribution in [0.5, 0.6) is 0 Å². The average Bonchev–Trinajstić information content (AvgIpc) is 2.77. The molecule has 0 aromatic rings. The SMILES string of the molecule is C=C(C)C(=O)SC(C)CSCCC1=CSCS1. The molecule has 0 amide bonds. The predicted octanol–water partition coefficient (Wildman–Crippen LogP) is 4.61. The second kappa shape index (κ2) is 8.62. The van der Waals surface area contributed by atoms with Crippen LogP contribution in [-0.4, -0.2) is 27.0 Å². The van der Waals surface area contributed by atoms with Gasteiger partial charge in [0.1, 0.15) is 0 Å². The van der Waals surface area contributed by atoms with Gasteiger partial charge >= 0.3 is 0 Å². The van der Waals surface area contributed by atoms with Crippen LogP contribution in [0.1, 0.15) is 20.3 Å². The summed E-state index contributed by atoms with van der Waals surface area (Å²) in [6, 6.07) is 0. The summed E-state index contributed by atoms with van der Waals surface area (Å²) in [6.07, 6.45) is 1.17. The van der Waals surface area contributed by atoms with E-state index in [4.69, 9.17) is 0 Å². The summed E-state index contributed by atoms with van der Waals surface area (Å²) in [6.45, 7) is 7.55. The number of rotatable bonds is 7. The minimum atomic E-state index is 0.128. The number of thioether (sulfide) groups is 4. The standard InChI is InChI=1S/C12H18OS4/c1-9(2)12(13)17-10(3)6-14-5-4-11-7-15-8-16-11/h7,10H,1,4-6,8H2,2-3H3. The Balaban J connectivity index is 2.05. The molecule has 0 saturated carbocycles. The summed E-state index contributed by atoms with van der Waals surface area (Å²) in [5.74, 6) is 2.19. The first-order valence-corrected chi connectivity index (χ1v) is 9.54. The molecule has 0 radical (unpaired) electrons. The van der Waals surface area contributed by atoms with Gasteiger partial charge in [0.05, 0.1) is 0 Å². The Bertz CT molecular complexity index is 312. The molecule has 96 valence electrons. The van der Waals surface area contributed by atoms with Crippen LogP contribution < -0.4 is 0 Å². The van der Waals surface area contributed by atoms with Crippen LogP contribution in [-0.2, 0) is 4.79 Å². The largest absolute Gasteiger partial charge is 0.282 e. The zero-order chi connectivity index (χ0) is 12.7. The summed E-state index contributed by atoms with van der Waals surface area (Å²) in [7, 11) is 0. The van der Waals surface area contributed by atoms with Gasteiger partial charge in [-0.25, -0.2) is 0 Å². The number of carbonyl (C=O) groups is 1. The molecule has 0 N–H and O–H groups in total. The minimum absolute atomic E-state index is 0.128. The lowest BCUT2D eigenvalue weighted by Crippen LogP contribution is -2.06. The fourth-order valence-corrected chi connectivity index (χ4v) is 5.44. The van der Waals surface area contributed by atoms with Crippen molar-refractivity contribution in [2.75, 3.05) is 16.6 Å². The molecule has 1 rings (SSSR count). The van der Waals surface area contributed by atoms with Crippen LogP contribution in [0.2, 0.25) is 0 Å². The molecule has 1 atom stereocenters. The van der Waals surface area contributed by atoms with E-state index in [1.165, 1.54) is 28.2 Å². The second-order valence-corrected chi connectivity index (χ2v) is 8.72. The average molecular weight is 307 g/mol. The van der Waals surface area contributed by atoms with E-state index in [9.17, 15) is 4.79 Å². The molecule has 0 fully saturated rings. The molecule has 17 heavy (non-hydrogen) atoms. The molecule has 1 aliphatic rings. The molecule has 0 bridgehead atoms. The summed E-state index contributed by atoms with van der Waals surface area (Å²) in [5, 5.41) is 3.96. The maximum Gasteiger partial charge on any atom is 0.214 e. The summed E-state index contributed by atoms with van der Waals surface area (Å²) in [5.41, 5.74) is 0.649. The highest BCUT2D eigenvalue weighted by molar-refractivity contribution is 8.22. The van der Waals surface area contributed by atoms with E-state index in [2.05, 4.69) is 18.9 Å². The van der Waals surface area contributed by atoms with E-state index >= 15 is 0 Å². The van der Waals surface area contributed by atoms with Crippen LogP contribution in [0.25, 0.3) is 0 Å². The van der Waals surface area contributed by atoms with Gasteiger partial charge in [-0.3, -0.25) is 4.79 Å². The van der Waals surface area contributed by atoms with Crippen molar-refractivity contribution in [2.45, 2.75) is 25.5 Å². The van der Waals surface area contributed by atoms with Gasteiger partial charge in [-0.15, -0.1) is 23.5 Å². The molecular weight excluding hydrogens is 288 g/mol. The Hall–Kier alpha value is 0.550. The van der Waals surface area contributed by atoms with E-state index in [1.807, 2.05) is 35.3 Å². The molecule has 1 aliphatic heterocycles. The van der Waals surface area contributed by atoms with Crippen LogP contribution in [0.4, 0.5) is 0 Å². The predicted molar refractivity (Wildman–Crippen MR) is 86.9 cm³/mol. The molecule has 0 aromatic carbocycles. The van der Waals surface area contributed by atoms with Gasteiger partial charge in [-0.2, -0.15) is 11.8 Å². The number of allylic oxidation sites excluding steroid dienone is 1. The van der Waals surface area contributed by atoms with Crippen molar-refractivity contribution in [3.8, 4) is 0 Å². The minimum Gasteiger partial charge on any atom is -0.282 e. The Morgan fingerprint density at radius 3 is 3.00 bits per heavy atom. The first-order chi connectivity index (χ1) is 8.09. The third kappa shape index (κ3) is 6.89. The lowest BCUT2D eigenvalue weighted by molar-refractivity contribution is -0.107. The van der Waals surface area contributed by atoms with E-state index in [-0.39, 0.29) is 5.12 Å². The van der Waals surface area contributed by atoms with E-state index < -0.39 is 0 Å². The number of hydrogen-bond donors (Lipinski definition) is 0. The molecule has 1 nitrogen and oxygen atoms in total. The molecule has 1 heterocycles. The van der Waals surface area contributed by atoms with Crippen molar-refractivity contribution in [1.82, 2.24) is 0 Å². The Kier molecular flexibility index (Phi) is 7.91. The smallest absolute Gasteiger partial charge is 0.214 e. The summed E-state index contributed by atoms with van der Waals surface area (Å²) >= 11 is 7.19. The first kappa shape index (κ1) is 15.6. The summed E-state index contributed by atoms with van der Waals surface area (Å²) in [4.78, 5) is 12.9. The highest BCUT2D eigenvalue weighted by Gasteiger charge is 2.11. The summed E-state index contributed by atoms with van der Waals surface area (Å²) < 4.78 is 0. The maximum atomic E-state index is 11.4. The van der Waals surface area contributed by atoms with Crippen LogP contribution >= 0.6 is 47.0 Å². The molecule has 0 aromatic heterocycles. The fourth-order valence-electron chi connectivity index (χ4n) is 1.14. The van der Waals surface area contributed by atoms with Crippen LogP contribution in [0, 0.1) is 0 Å². The van der Waals surface area contributed by atoms with Crippen LogP contribution in [0.3, 0.4) is 0 Å². The van der Waals surface area contributed by atoms with Crippen molar-refractivity contribution in [3.63, 3.8) is 0 Å². The van der Waals surface area contributed by atoms with Crippen molar-refractivity contribution >= 4 is 52.2 Å². The van der Waals surface area contributed by atoms with Crippen molar-refractivity contribution in [2.24, 2.45) is 0 Å². The van der Waals surface area contributed by atoms with E-state index in [0.717, 1.165) is 11.5 Å². The van der Waals surface area contributed by atoms with Crippen molar-refractivity contribution < 1.29 is 4.79 Å². The zero-order valence-corrected chi connectivity index (χ0v) is 13.5. The third-order valence-corrected chi connectivity index (χ3v) is 6.91. The molecule has 0 aliphatic carbocycles. The lowest BCUT2D eigenvalue weighted by Gasteiger charge is -2.09. The normalized spacial score (nSPS) is 16.7. The van der Waals surface area contributed by atoms with E-state index in [0.29, 0.717) is 10.8 Å². The van der Waals surface area contributed by atoms with Crippen molar-refractivity contribution in [1.29, 1.82) is 0 Å². The van der Waals surface area contributed by atoms with Gasteiger partial charge in [-0.1, -0.05) is 25.3 Å². The topological polar surface area (TPSA) is 17.1 Å². The van der Waals surface area contributed by atoms with E-state index in [1.54, 1.807) is 6.92 Å². The van der Waals surface area contributed by atoms with Crippen LogP contribution in [0.15, 0.2) is 22.5 Å². The maximum absolute atomic E-state index is 11.4. The molecule has 1 unspecified atom stereocenters. The van der Waals surface area contributed by atoms with Gasteiger partial charge in [0, 0.05) is 16.1 Å². The Morgan fingerprint density at radius 2 is 2.41 bits per heavy atom. The van der Waals surface area contributed by atoms with Gasteiger partial charge < -0.3 is 0 Å². The number of hydrogen-bond acceptors (Lipinski definition) is 5. The molecule has 5 heteroatoms. The number of carbonyl (C=O) groups excluding carboxylic acids is 1. The van der Waals surface area contributed by atoms with Gasteiger partial charge in [0.15, 0.2) is 0 Å². The van der Waals surface area contributed by atoms with Crippen molar-refractivity contribution in [3.05, 3.63) is 22.5 Å². The first-order valence-electron chi connectivity index (χ1n) is 5.47. The second-order valence-electron chi connectivity index (χ2n) is 3.83. The molecular formula is C12H18OS4. The monoisotopic (exact) mass is 306 g/mol. The Morgan fingerprint density at radius 1 is 1.65 bits per heavy atom. The van der Waals surface area contributed by atoms with Gasteiger partial charge in [0.25, 0.3) is 0 Å². The van der Waals surface area contributed by atoms with Gasteiger partial charge in [-0.05, 0) is 35.0 Å². The fraction of sp³-hybridized carbons (Fsp3) is 0.583. The lowest BCUT2D eigenvalue weighted by atomic mass is 10.4. The molecule has 0 saturated heterocycles. The highest BCUT2D eigenvalue weighted by Crippen LogP contribution is 2.34. The highest BCUT2D eigenvalue weighted by atomic mass is 32.2. The Labute approximate surface area is 121 Å². The molecule has 0 spiro atoms.